The van der Waals surface area contributed by atoms with E-state index in [0.29, 0.717) is 19.6 Å². The fraction of sp³-hybridized carbons (Fsp3) is 0.308. The highest BCUT2D eigenvalue weighted by Crippen LogP contribution is 2.11. The fourth-order valence-electron chi connectivity index (χ4n) is 1.42. The highest BCUT2D eigenvalue weighted by molar-refractivity contribution is 5.74. The first-order valence-corrected chi connectivity index (χ1v) is 5.59. The molecule has 0 bridgehead atoms. The van der Waals surface area contributed by atoms with E-state index < -0.39 is 0 Å². The van der Waals surface area contributed by atoms with E-state index in [0.717, 1.165) is 5.56 Å². The molecule has 0 spiro atoms. The largest absolute Gasteiger partial charge is 0.508 e. The summed E-state index contributed by atoms with van der Waals surface area (Å²) in [5.74, 6) is 0.230. The second-order valence-electron chi connectivity index (χ2n) is 3.66. The fourth-order valence-corrected chi connectivity index (χ4v) is 1.42. The second-order valence-corrected chi connectivity index (χ2v) is 3.66. The van der Waals surface area contributed by atoms with E-state index >= 15 is 0 Å². The number of hydrogen-bond acceptors (Lipinski definition) is 2. The number of carbonyl (C=O) groups is 1. The normalized spacial score (nSPS) is 9.71. The van der Waals surface area contributed by atoms with Gasteiger partial charge in [0.15, 0.2) is 0 Å². The van der Waals surface area contributed by atoms with Crippen molar-refractivity contribution in [2.75, 3.05) is 13.1 Å². The molecule has 1 aromatic carbocycles. The Morgan fingerprint density at radius 3 is 2.65 bits per heavy atom. The number of urea groups is 1. The lowest BCUT2D eigenvalue weighted by Crippen LogP contribution is -2.39. The third-order valence-electron chi connectivity index (χ3n) is 2.38. The zero-order valence-corrected chi connectivity index (χ0v) is 10.0. The standard InChI is InChI=1S/C13H18N2O2/c1-3-9-14-13(17)15(4-2)10-11-5-7-12(16)8-6-11/h3,5-8,16H,1,4,9-10H2,2H3,(H,14,17). The van der Waals surface area contributed by atoms with Crippen LogP contribution in [-0.2, 0) is 6.54 Å². The monoisotopic (exact) mass is 234 g/mol. The first-order chi connectivity index (χ1) is 8.17. The number of amides is 2. The van der Waals surface area contributed by atoms with Crippen LogP contribution in [0.5, 0.6) is 5.75 Å². The molecule has 0 aromatic heterocycles. The molecule has 0 unspecified atom stereocenters. The zero-order valence-electron chi connectivity index (χ0n) is 10.0. The summed E-state index contributed by atoms with van der Waals surface area (Å²) in [6, 6.07) is 6.73. The van der Waals surface area contributed by atoms with Crippen molar-refractivity contribution in [2.24, 2.45) is 0 Å². The minimum absolute atomic E-state index is 0.111. The zero-order chi connectivity index (χ0) is 12.7. The van der Waals surface area contributed by atoms with Crippen LogP contribution in [0.2, 0.25) is 0 Å². The number of benzene rings is 1. The van der Waals surface area contributed by atoms with Crippen molar-refractivity contribution in [3.8, 4) is 5.75 Å². The van der Waals surface area contributed by atoms with Crippen molar-refractivity contribution in [2.45, 2.75) is 13.5 Å². The van der Waals surface area contributed by atoms with E-state index in [4.69, 9.17) is 5.11 Å². The average molecular weight is 234 g/mol. The van der Waals surface area contributed by atoms with Gasteiger partial charge in [-0.25, -0.2) is 4.79 Å². The lowest BCUT2D eigenvalue weighted by atomic mass is 10.2. The topological polar surface area (TPSA) is 52.6 Å². The molecule has 0 saturated heterocycles. The number of nitrogens with one attached hydrogen (secondary N) is 1. The Morgan fingerprint density at radius 2 is 2.12 bits per heavy atom. The van der Waals surface area contributed by atoms with Gasteiger partial charge in [-0.15, -0.1) is 6.58 Å². The second kappa shape index (κ2) is 6.58. The maximum Gasteiger partial charge on any atom is 0.317 e. The Hall–Kier alpha value is -1.97. The highest BCUT2D eigenvalue weighted by atomic mass is 16.3. The Labute approximate surface area is 102 Å². The lowest BCUT2D eigenvalue weighted by Gasteiger charge is -2.21. The highest BCUT2D eigenvalue weighted by Gasteiger charge is 2.10. The summed E-state index contributed by atoms with van der Waals surface area (Å²) in [6.45, 7) is 7.09. The summed E-state index contributed by atoms with van der Waals surface area (Å²) < 4.78 is 0. The van der Waals surface area contributed by atoms with Crippen molar-refractivity contribution in [3.05, 3.63) is 42.5 Å². The summed E-state index contributed by atoms with van der Waals surface area (Å²) in [5.41, 5.74) is 0.985. The van der Waals surface area contributed by atoms with Crippen LogP contribution >= 0.6 is 0 Å². The third-order valence-corrected chi connectivity index (χ3v) is 2.38. The van der Waals surface area contributed by atoms with Crippen LogP contribution in [-0.4, -0.2) is 29.1 Å². The number of nitrogens with zero attached hydrogens (tertiary/aromatic N) is 1. The summed E-state index contributed by atoms with van der Waals surface area (Å²) in [7, 11) is 0. The number of phenolic OH excluding ortho intramolecular Hbond substituents is 1. The Morgan fingerprint density at radius 1 is 1.47 bits per heavy atom. The molecule has 0 fully saturated rings. The first kappa shape index (κ1) is 13.1. The minimum Gasteiger partial charge on any atom is -0.508 e. The van der Waals surface area contributed by atoms with Crippen LogP contribution in [0.3, 0.4) is 0 Å². The average Bonchev–Trinajstić information content (AvgIpc) is 2.35. The predicted molar refractivity (Wildman–Crippen MR) is 67.8 cm³/mol. The van der Waals surface area contributed by atoms with Gasteiger partial charge in [-0.2, -0.15) is 0 Å². The molecule has 0 aliphatic rings. The smallest absolute Gasteiger partial charge is 0.317 e. The number of phenols is 1. The Kier molecular flexibility index (Phi) is 5.07. The van der Waals surface area contributed by atoms with Crippen LogP contribution in [0.15, 0.2) is 36.9 Å². The number of aromatic hydroxyl groups is 1. The van der Waals surface area contributed by atoms with E-state index in [-0.39, 0.29) is 11.8 Å². The molecular formula is C13H18N2O2. The number of rotatable bonds is 5. The van der Waals surface area contributed by atoms with Crippen molar-refractivity contribution < 1.29 is 9.90 Å². The summed E-state index contributed by atoms with van der Waals surface area (Å²) in [4.78, 5) is 13.4. The van der Waals surface area contributed by atoms with Gasteiger partial charge >= 0.3 is 6.03 Å². The van der Waals surface area contributed by atoms with E-state index in [1.807, 2.05) is 6.92 Å². The van der Waals surface area contributed by atoms with Gasteiger partial charge in [0.05, 0.1) is 0 Å². The van der Waals surface area contributed by atoms with Gasteiger partial charge in [0, 0.05) is 19.6 Å². The molecule has 17 heavy (non-hydrogen) atoms. The van der Waals surface area contributed by atoms with E-state index in [1.165, 1.54) is 0 Å². The summed E-state index contributed by atoms with van der Waals surface area (Å²) in [6.07, 6.45) is 1.65. The van der Waals surface area contributed by atoms with Gasteiger partial charge < -0.3 is 15.3 Å². The molecule has 0 radical (unpaired) electrons. The van der Waals surface area contributed by atoms with Gasteiger partial charge in [0.25, 0.3) is 0 Å². The molecule has 2 amide bonds. The van der Waals surface area contributed by atoms with Crippen molar-refractivity contribution in [1.82, 2.24) is 10.2 Å². The lowest BCUT2D eigenvalue weighted by molar-refractivity contribution is 0.199. The molecule has 92 valence electrons. The molecule has 0 aliphatic heterocycles. The molecular weight excluding hydrogens is 216 g/mol. The molecule has 0 saturated carbocycles. The van der Waals surface area contributed by atoms with Crippen LogP contribution in [0.25, 0.3) is 0 Å². The van der Waals surface area contributed by atoms with Gasteiger partial charge in [-0.3, -0.25) is 0 Å². The number of hydrogen-bond donors (Lipinski definition) is 2. The van der Waals surface area contributed by atoms with Gasteiger partial charge in [0.2, 0.25) is 0 Å². The van der Waals surface area contributed by atoms with Crippen LogP contribution < -0.4 is 5.32 Å². The van der Waals surface area contributed by atoms with Gasteiger partial charge in [-0.1, -0.05) is 18.2 Å². The van der Waals surface area contributed by atoms with Crippen molar-refractivity contribution in [3.63, 3.8) is 0 Å². The van der Waals surface area contributed by atoms with Gasteiger partial charge in [-0.05, 0) is 24.6 Å². The van der Waals surface area contributed by atoms with E-state index in [1.54, 1.807) is 35.2 Å². The molecule has 4 heteroatoms. The maximum atomic E-state index is 11.7. The Balaban J connectivity index is 2.59. The van der Waals surface area contributed by atoms with Crippen LogP contribution in [0.4, 0.5) is 4.79 Å². The maximum absolute atomic E-state index is 11.7. The van der Waals surface area contributed by atoms with E-state index in [9.17, 15) is 4.79 Å². The SMILES string of the molecule is C=CCNC(=O)N(CC)Cc1ccc(O)cc1. The van der Waals surface area contributed by atoms with Crippen LogP contribution in [0, 0.1) is 0 Å². The van der Waals surface area contributed by atoms with Crippen LogP contribution in [0.1, 0.15) is 12.5 Å². The molecule has 4 nitrogen and oxygen atoms in total. The predicted octanol–water partition coefficient (Wildman–Crippen LogP) is 2.11. The summed E-state index contributed by atoms with van der Waals surface area (Å²) in [5, 5.41) is 11.9. The molecule has 2 N–H and O–H groups in total. The molecule has 0 aliphatic carbocycles. The molecule has 0 atom stereocenters. The minimum atomic E-state index is -0.111. The third kappa shape index (κ3) is 4.18. The quantitative estimate of drug-likeness (QED) is 0.767. The Bertz CT molecular complexity index is 374. The van der Waals surface area contributed by atoms with E-state index in [2.05, 4.69) is 11.9 Å². The molecule has 1 aromatic rings. The molecule has 1 rings (SSSR count). The first-order valence-electron chi connectivity index (χ1n) is 5.59. The molecule has 0 heterocycles. The number of carbonyl (C=O) groups excluding carboxylic acids is 1. The van der Waals surface area contributed by atoms with Gasteiger partial charge in [0.1, 0.15) is 5.75 Å². The summed E-state index contributed by atoms with van der Waals surface area (Å²) >= 11 is 0. The van der Waals surface area contributed by atoms with Crippen molar-refractivity contribution >= 4 is 6.03 Å². The van der Waals surface area contributed by atoms with Crippen molar-refractivity contribution in [1.29, 1.82) is 0 Å².